The number of hydrogen-bond donors (Lipinski definition) is 2. The van der Waals surface area contributed by atoms with Gasteiger partial charge in [0.25, 0.3) is 0 Å². The molecule has 0 fully saturated rings. The minimum atomic E-state index is -4.67. The Morgan fingerprint density at radius 1 is 1.25 bits per heavy atom. The van der Waals surface area contributed by atoms with E-state index in [1.54, 1.807) is 0 Å². The second-order valence-corrected chi connectivity index (χ2v) is 2.86. The number of hydrogen-bond acceptors (Lipinski definition) is 5. The lowest BCUT2D eigenvalue weighted by Crippen LogP contribution is -2.18. The molecule has 1 heterocycles. The van der Waals surface area contributed by atoms with Gasteiger partial charge in [-0.15, -0.1) is 0 Å². The summed E-state index contributed by atoms with van der Waals surface area (Å²) in [6.07, 6.45) is -6.62. The van der Waals surface area contributed by atoms with Crippen molar-refractivity contribution >= 4 is 0 Å². The first-order valence-electron chi connectivity index (χ1n) is 4.01. The summed E-state index contributed by atoms with van der Waals surface area (Å²) in [4.78, 5) is 5.94. The fourth-order valence-electron chi connectivity index (χ4n) is 0.890. The Balaban J connectivity index is 2.92. The van der Waals surface area contributed by atoms with Gasteiger partial charge in [0.2, 0.25) is 5.82 Å². The summed E-state index contributed by atoms with van der Waals surface area (Å²) in [5.74, 6) is -1.35. The molecular formula is C8H6F3N3O2. The van der Waals surface area contributed by atoms with Crippen LogP contribution in [0.1, 0.15) is 17.5 Å². The Labute approximate surface area is 87.8 Å². The van der Waals surface area contributed by atoms with E-state index >= 15 is 0 Å². The molecule has 0 spiro atoms. The number of aromatic nitrogens is 2. The van der Waals surface area contributed by atoms with E-state index in [2.05, 4.69) is 9.97 Å². The van der Waals surface area contributed by atoms with Gasteiger partial charge in [0.05, 0.1) is 6.07 Å². The molecule has 0 aliphatic heterocycles. The normalized spacial score (nSPS) is 15.2. The molecule has 1 aromatic rings. The van der Waals surface area contributed by atoms with Crippen molar-refractivity contribution in [1.29, 1.82) is 5.26 Å². The van der Waals surface area contributed by atoms with E-state index in [-0.39, 0.29) is 5.56 Å². The molecule has 0 amide bonds. The van der Waals surface area contributed by atoms with E-state index in [0.29, 0.717) is 12.4 Å². The molecule has 86 valence electrons. The summed E-state index contributed by atoms with van der Waals surface area (Å²) >= 11 is 0. The summed E-state index contributed by atoms with van der Waals surface area (Å²) in [5.41, 5.74) is -0.165. The fraction of sp³-hybridized carbons (Fsp3) is 0.375. The highest BCUT2D eigenvalue weighted by atomic mass is 19.4. The Hall–Kier alpha value is -1.72. The molecule has 0 aliphatic rings. The van der Waals surface area contributed by atoms with Gasteiger partial charge in [0, 0.05) is 18.0 Å². The molecule has 0 aliphatic carbocycles. The van der Waals surface area contributed by atoms with E-state index in [1.165, 1.54) is 6.07 Å². The van der Waals surface area contributed by atoms with Crippen molar-refractivity contribution in [1.82, 2.24) is 9.97 Å². The molecule has 0 radical (unpaired) electrons. The minimum Gasteiger partial charge on any atom is -0.384 e. The van der Waals surface area contributed by atoms with Crippen molar-refractivity contribution in [3.63, 3.8) is 0 Å². The van der Waals surface area contributed by atoms with Crippen LogP contribution in [0, 0.1) is 11.3 Å². The fourth-order valence-corrected chi connectivity index (χ4v) is 0.890. The Kier molecular flexibility index (Phi) is 3.41. The first kappa shape index (κ1) is 12.4. The quantitative estimate of drug-likeness (QED) is 0.722. The first-order chi connectivity index (χ1) is 7.36. The average molecular weight is 233 g/mol. The van der Waals surface area contributed by atoms with Gasteiger partial charge < -0.3 is 10.2 Å². The van der Waals surface area contributed by atoms with Crippen LogP contribution in [0.3, 0.4) is 0 Å². The van der Waals surface area contributed by atoms with Crippen molar-refractivity contribution in [3.05, 3.63) is 23.8 Å². The summed E-state index contributed by atoms with van der Waals surface area (Å²) in [6.45, 7) is 0. The number of alkyl halides is 3. The summed E-state index contributed by atoms with van der Waals surface area (Å²) in [7, 11) is 0. The van der Waals surface area contributed by atoms with E-state index in [4.69, 9.17) is 10.4 Å². The van der Waals surface area contributed by atoms with Crippen molar-refractivity contribution in [3.8, 4) is 6.07 Å². The van der Waals surface area contributed by atoms with Crippen molar-refractivity contribution in [2.45, 2.75) is 18.4 Å². The zero-order chi connectivity index (χ0) is 12.3. The van der Waals surface area contributed by atoms with Crippen molar-refractivity contribution in [2.24, 2.45) is 0 Å². The molecule has 5 nitrogen and oxygen atoms in total. The van der Waals surface area contributed by atoms with E-state index < -0.39 is 24.2 Å². The first-order valence-corrected chi connectivity index (χ1v) is 4.01. The highest BCUT2D eigenvalue weighted by Crippen LogP contribution is 2.26. The Morgan fingerprint density at radius 2 is 1.75 bits per heavy atom. The third-order valence-electron chi connectivity index (χ3n) is 1.70. The molecule has 0 saturated carbocycles. The van der Waals surface area contributed by atoms with Crippen molar-refractivity contribution in [2.75, 3.05) is 0 Å². The van der Waals surface area contributed by atoms with Gasteiger partial charge in [-0.2, -0.15) is 18.4 Å². The molecule has 2 unspecified atom stereocenters. The largest absolute Gasteiger partial charge is 0.451 e. The van der Waals surface area contributed by atoms with Gasteiger partial charge in [-0.25, -0.2) is 9.97 Å². The number of halogens is 3. The SMILES string of the molecule is N#CC(O)C(O)c1cnc(C(F)(F)F)nc1. The smallest absolute Gasteiger partial charge is 0.384 e. The minimum absolute atomic E-state index is 0.165. The predicted octanol–water partition coefficient (Wildman–Crippen LogP) is 0.413. The molecule has 1 aromatic heterocycles. The predicted molar refractivity (Wildman–Crippen MR) is 43.6 cm³/mol. The molecule has 0 bridgehead atoms. The standard InChI is InChI=1S/C8H6F3N3O2/c9-8(10,11)7-13-2-4(3-14-7)6(16)5(15)1-12/h2-3,5-6,15-16H. The van der Waals surface area contributed by atoms with Crippen LogP contribution in [0.4, 0.5) is 13.2 Å². The van der Waals surface area contributed by atoms with Crippen LogP contribution in [-0.4, -0.2) is 26.3 Å². The second-order valence-electron chi connectivity index (χ2n) is 2.86. The number of aliphatic hydroxyl groups is 2. The van der Waals surface area contributed by atoms with Crippen LogP contribution < -0.4 is 0 Å². The van der Waals surface area contributed by atoms with Gasteiger partial charge in [0.15, 0.2) is 6.10 Å². The van der Waals surface area contributed by atoms with Gasteiger partial charge in [-0.1, -0.05) is 0 Å². The average Bonchev–Trinajstić information content (AvgIpc) is 2.26. The molecular weight excluding hydrogens is 227 g/mol. The maximum atomic E-state index is 12.1. The van der Waals surface area contributed by atoms with E-state index in [0.717, 1.165) is 0 Å². The summed E-state index contributed by atoms with van der Waals surface area (Å²) < 4.78 is 36.2. The zero-order valence-corrected chi connectivity index (χ0v) is 7.68. The third-order valence-corrected chi connectivity index (χ3v) is 1.70. The monoisotopic (exact) mass is 233 g/mol. The zero-order valence-electron chi connectivity index (χ0n) is 7.68. The maximum Gasteiger partial charge on any atom is 0.451 e. The Morgan fingerprint density at radius 3 is 2.12 bits per heavy atom. The molecule has 0 aromatic carbocycles. The number of rotatable bonds is 2. The lowest BCUT2D eigenvalue weighted by Gasteiger charge is -2.11. The lowest BCUT2D eigenvalue weighted by molar-refractivity contribution is -0.145. The number of nitrogens with zero attached hydrogens (tertiary/aromatic N) is 3. The summed E-state index contributed by atoms with van der Waals surface area (Å²) in [6, 6.07) is 1.34. The van der Waals surface area contributed by atoms with Gasteiger partial charge >= 0.3 is 6.18 Å². The highest BCUT2D eigenvalue weighted by Gasteiger charge is 2.34. The van der Waals surface area contributed by atoms with E-state index in [9.17, 15) is 18.3 Å². The van der Waals surface area contributed by atoms with Crippen LogP contribution in [0.15, 0.2) is 12.4 Å². The van der Waals surface area contributed by atoms with Crippen LogP contribution in [0.25, 0.3) is 0 Å². The van der Waals surface area contributed by atoms with E-state index in [1.807, 2.05) is 0 Å². The summed E-state index contributed by atoms with van der Waals surface area (Å²) in [5, 5.41) is 26.4. The molecule has 2 N–H and O–H groups in total. The van der Waals surface area contributed by atoms with Gasteiger partial charge in [-0.3, -0.25) is 0 Å². The third kappa shape index (κ3) is 2.65. The van der Waals surface area contributed by atoms with Gasteiger partial charge in [0.1, 0.15) is 6.10 Å². The maximum absolute atomic E-state index is 12.1. The molecule has 0 saturated heterocycles. The second kappa shape index (κ2) is 4.42. The van der Waals surface area contributed by atoms with Crippen LogP contribution in [0.2, 0.25) is 0 Å². The lowest BCUT2D eigenvalue weighted by atomic mass is 10.1. The van der Waals surface area contributed by atoms with Gasteiger partial charge in [-0.05, 0) is 0 Å². The number of aliphatic hydroxyl groups excluding tert-OH is 2. The van der Waals surface area contributed by atoms with Crippen LogP contribution >= 0.6 is 0 Å². The molecule has 16 heavy (non-hydrogen) atoms. The highest BCUT2D eigenvalue weighted by molar-refractivity contribution is 5.13. The van der Waals surface area contributed by atoms with Crippen molar-refractivity contribution < 1.29 is 23.4 Å². The van der Waals surface area contributed by atoms with Crippen LogP contribution in [0.5, 0.6) is 0 Å². The molecule has 2 atom stereocenters. The molecule has 1 rings (SSSR count). The topological polar surface area (TPSA) is 90.0 Å². The van der Waals surface area contributed by atoms with Crippen LogP contribution in [-0.2, 0) is 6.18 Å². The molecule has 8 heteroatoms. The Bertz CT molecular complexity index is 398. The number of nitriles is 1.